The van der Waals surface area contributed by atoms with E-state index in [1.54, 1.807) is 6.20 Å². The first-order valence-electron chi connectivity index (χ1n) is 10.4. The van der Waals surface area contributed by atoms with Crippen molar-refractivity contribution < 1.29 is 14.3 Å². The number of carbonyl (C=O) groups is 2. The van der Waals surface area contributed by atoms with Crippen LogP contribution >= 0.6 is 0 Å². The second-order valence-electron chi connectivity index (χ2n) is 7.59. The number of aromatic nitrogens is 1. The van der Waals surface area contributed by atoms with Gasteiger partial charge in [0.15, 0.2) is 0 Å². The molecular weight excluding hydrogens is 404 g/mol. The van der Waals surface area contributed by atoms with Gasteiger partial charge < -0.3 is 20.3 Å². The SMILES string of the molecule is CN(C)c1ccc(CNC(=O)[C@@H](Cc2ccccc2)NC(=O)OCc2ccccc2)cn1. The zero-order valence-electron chi connectivity index (χ0n) is 18.3. The number of pyridine rings is 1. The van der Waals surface area contributed by atoms with Crippen molar-refractivity contribution in [3.8, 4) is 0 Å². The van der Waals surface area contributed by atoms with Gasteiger partial charge in [0.05, 0.1) is 0 Å². The Balaban J connectivity index is 1.60. The number of alkyl carbamates (subject to hydrolysis) is 1. The van der Waals surface area contributed by atoms with Crippen LogP contribution in [-0.4, -0.2) is 37.1 Å². The molecule has 32 heavy (non-hydrogen) atoms. The molecule has 0 unspecified atom stereocenters. The number of carbonyl (C=O) groups excluding carboxylic acids is 2. The van der Waals surface area contributed by atoms with Crippen LogP contribution in [0.4, 0.5) is 10.6 Å². The van der Waals surface area contributed by atoms with Gasteiger partial charge in [-0.25, -0.2) is 9.78 Å². The van der Waals surface area contributed by atoms with Gasteiger partial charge in [-0.2, -0.15) is 0 Å². The van der Waals surface area contributed by atoms with Crippen LogP contribution in [-0.2, 0) is 29.1 Å². The van der Waals surface area contributed by atoms with Crippen LogP contribution in [0.3, 0.4) is 0 Å². The molecule has 3 rings (SSSR count). The summed E-state index contributed by atoms with van der Waals surface area (Å²) in [6.07, 6.45) is 1.44. The highest BCUT2D eigenvalue weighted by Gasteiger charge is 2.22. The second-order valence-corrected chi connectivity index (χ2v) is 7.59. The van der Waals surface area contributed by atoms with Gasteiger partial charge in [-0.05, 0) is 22.8 Å². The number of nitrogens with zero attached hydrogens (tertiary/aromatic N) is 2. The zero-order chi connectivity index (χ0) is 22.8. The van der Waals surface area contributed by atoms with Crippen LogP contribution in [0.5, 0.6) is 0 Å². The van der Waals surface area contributed by atoms with Crippen molar-refractivity contribution in [3.05, 3.63) is 95.7 Å². The largest absolute Gasteiger partial charge is 0.445 e. The Morgan fingerprint density at radius 2 is 1.56 bits per heavy atom. The zero-order valence-corrected chi connectivity index (χ0v) is 18.3. The summed E-state index contributed by atoms with van der Waals surface area (Å²) >= 11 is 0. The molecule has 0 fully saturated rings. The molecule has 1 aromatic heterocycles. The molecule has 0 aliphatic rings. The van der Waals surface area contributed by atoms with E-state index in [1.807, 2.05) is 91.8 Å². The average molecular weight is 433 g/mol. The molecule has 0 bridgehead atoms. The smallest absolute Gasteiger partial charge is 0.408 e. The van der Waals surface area contributed by atoms with E-state index in [-0.39, 0.29) is 12.5 Å². The normalized spacial score (nSPS) is 11.3. The Labute approximate surface area is 188 Å². The number of hydrogen-bond acceptors (Lipinski definition) is 5. The fourth-order valence-electron chi connectivity index (χ4n) is 3.06. The van der Waals surface area contributed by atoms with Gasteiger partial charge in [0, 0.05) is 33.3 Å². The number of amides is 2. The van der Waals surface area contributed by atoms with E-state index >= 15 is 0 Å². The summed E-state index contributed by atoms with van der Waals surface area (Å²) in [6.45, 7) is 0.446. The summed E-state index contributed by atoms with van der Waals surface area (Å²) in [7, 11) is 3.83. The molecule has 7 heteroatoms. The fraction of sp³-hybridized carbons (Fsp3) is 0.240. The van der Waals surface area contributed by atoms with E-state index < -0.39 is 12.1 Å². The Kier molecular flexibility index (Phi) is 8.20. The maximum absolute atomic E-state index is 12.9. The molecule has 0 aliphatic heterocycles. The summed E-state index contributed by atoms with van der Waals surface area (Å²) < 4.78 is 5.30. The van der Waals surface area contributed by atoms with Gasteiger partial charge >= 0.3 is 6.09 Å². The van der Waals surface area contributed by atoms with E-state index in [2.05, 4.69) is 15.6 Å². The highest BCUT2D eigenvalue weighted by molar-refractivity contribution is 5.85. The van der Waals surface area contributed by atoms with Crippen LogP contribution in [0.2, 0.25) is 0 Å². The van der Waals surface area contributed by atoms with Gasteiger partial charge in [-0.15, -0.1) is 0 Å². The number of benzene rings is 2. The minimum absolute atomic E-state index is 0.135. The van der Waals surface area contributed by atoms with Gasteiger partial charge in [0.25, 0.3) is 0 Å². The molecule has 2 aromatic carbocycles. The standard InChI is InChI=1S/C25H28N4O3/c1-29(2)23-14-13-21(16-26-23)17-27-24(30)22(15-19-9-5-3-6-10-19)28-25(31)32-18-20-11-7-4-8-12-20/h3-14,16,22H,15,17-18H2,1-2H3,(H,27,30)(H,28,31)/t22-/m1/s1. The van der Waals surface area contributed by atoms with Gasteiger partial charge in [0.2, 0.25) is 5.91 Å². The van der Waals surface area contributed by atoms with E-state index in [0.29, 0.717) is 13.0 Å². The molecule has 0 saturated carbocycles. The topological polar surface area (TPSA) is 83.6 Å². The predicted octanol–water partition coefficient (Wildman–Crippen LogP) is 3.30. The molecule has 2 N–H and O–H groups in total. The average Bonchev–Trinajstić information content (AvgIpc) is 2.82. The summed E-state index contributed by atoms with van der Waals surface area (Å²) in [5.74, 6) is 0.548. The van der Waals surface area contributed by atoms with Crippen LogP contribution in [0.15, 0.2) is 79.0 Å². The summed E-state index contributed by atoms with van der Waals surface area (Å²) in [5.41, 5.74) is 2.68. The second kappa shape index (κ2) is 11.5. The van der Waals surface area contributed by atoms with Crippen molar-refractivity contribution in [2.45, 2.75) is 25.6 Å². The molecule has 2 amide bonds. The highest BCUT2D eigenvalue weighted by atomic mass is 16.5. The van der Waals surface area contributed by atoms with Gasteiger partial charge in [0.1, 0.15) is 18.5 Å². The van der Waals surface area contributed by atoms with Crippen molar-refractivity contribution in [1.82, 2.24) is 15.6 Å². The monoisotopic (exact) mass is 432 g/mol. The van der Waals surface area contributed by atoms with Crippen LogP contribution in [0, 0.1) is 0 Å². The maximum atomic E-state index is 12.9. The van der Waals surface area contributed by atoms with Crippen molar-refractivity contribution >= 4 is 17.8 Å². The Hall–Kier alpha value is -3.87. The van der Waals surface area contributed by atoms with Crippen LogP contribution < -0.4 is 15.5 Å². The number of ether oxygens (including phenoxy) is 1. The summed E-state index contributed by atoms with van der Waals surface area (Å²) in [6, 6.07) is 22.0. The first-order chi connectivity index (χ1) is 15.5. The number of anilines is 1. The molecule has 1 atom stereocenters. The lowest BCUT2D eigenvalue weighted by atomic mass is 10.1. The molecule has 1 heterocycles. The van der Waals surface area contributed by atoms with Crippen molar-refractivity contribution in [2.75, 3.05) is 19.0 Å². The molecule has 166 valence electrons. The lowest BCUT2D eigenvalue weighted by Crippen LogP contribution is -2.48. The van der Waals surface area contributed by atoms with E-state index in [1.165, 1.54) is 0 Å². The minimum Gasteiger partial charge on any atom is -0.445 e. The Morgan fingerprint density at radius 3 is 2.16 bits per heavy atom. The molecule has 0 aliphatic carbocycles. The first-order valence-corrected chi connectivity index (χ1v) is 10.4. The molecular formula is C25H28N4O3. The minimum atomic E-state index is -0.769. The molecule has 0 radical (unpaired) electrons. The molecule has 0 saturated heterocycles. The summed E-state index contributed by atoms with van der Waals surface area (Å²) in [5, 5.41) is 5.58. The third kappa shape index (κ3) is 7.12. The maximum Gasteiger partial charge on any atom is 0.408 e. The van der Waals surface area contributed by atoms with Crippen LogP contribution in [0.25, 0.3) is 0 Å². The lowest BCUT2D eigenvalue weighted by Gasteiger charge is -2.19. The van der Waals surface area contributed by atoms with E-state index in [4.69, 9.17) is 4.74 Å². The van der Waals surface area contributed by atoms with Gasteiger partial charge in [-0.3, -0.25) is 4.79 Å². The van der Waals surface area contributed by atoms with Crippen molar-refractivity contribution in [3.63, 3.8) is 0 Å². The highest BCUT2D eigenvalue weighted by Crippen LogP contribution is 2.09. The third-order valence-electron chi connectivity index (χ3n) is 4.84. The molecule has 0 spiro atoms. The van der Waals surface area contributed by atoms with Gasteiger partial charge in [-0.1, -0.05) is 66.7 Å². The number of hydrogen-bond donors (Lipinski definition) is 2. The number of nitrogens with one attached hydrogen (secondary N) is 2. The summed E-state index contributed by atoms with van der Waals surface area (Å²) in [4.78, 5) is 31.5. The number of rotatable bonds is 9. The quantitative estimate of drug-likeness (QED) is 0.542. The van der Waals surface area contributed by atoms with Crippen molar-refractivity contribution in [1.29, 1.82) is 0 Å². The lowest BCUT2D eigenvalue weighted by molar-refractivity contribution is -0.123. The van der Waals surface area contributed by atoms with E-state index in [9.17, 15) is 9.59 Å². The first kappa shape index (κ1) is 22.8. The molecule has 3 aromatic rings. The predicted molar refractivity (Wildman–Crippen MR) is 124 cm³/mol. The van der Waals surface area contributed by atoms with E-state index in [0.717, 1.165) is 22.5 Å². The Bertz CT molecular complexity index is 993. The van der Waals surface area contributed by atoms with Crippen molar-refractivity contribution in [2.24, 2.45) is 0 Å². The van der Waals surface area contributed by atoms with Crippen LogP contribution in [0.1, 0.15) is 16.7 Å². The molecule has 7 nitrogen and oxygen atoms in total. The Morgan fingerprint density at radius 1 is 0.906 bits per heavy atom. The fourth-order valence-corrected chi connectivity index (χ4v) is 3.06. The third-order valence-corrected chi connectivity index (χ3v) is 4.84.